The highest BCUT2D eigenvalue weighted by atomic mass is 16.6. The molecule has 4 rings (SSSR count). The molecule has 0 radical (unpaired) electrons. The molecule has 1 heterocycles. The fraction of sp³-hybridized carbons (Fsp3) is 0.452. The van der Waals surface area contributed by atoms with Crippen LogP contribution in [-0.2, 0) is 23.8 Å². The van der Waals surface area contributed by atoms with Crippen molar-refractivity contribution in [2.24, 2.45) is 17.8 Å². The summed E-state index contributed by atoms with van der Waals surface area (Å²) >= 11 is 0. The molecule has 1 aliphatic carbocycles. The minimum atomic E-state index is -0.479. The highest BCUT2D eigenvalue weighted by Crippen LogP contribution is 2.43. The second-order valence-corrected chi connectivity index (χ2v) is 10.5. The maximum atomic E-state index is 13.0. The summed E-state index contributed by atoms with van der Waals surface area (Å²) in [5.74, 6) is -1.12. The van der Waals surface area contributed by atoms with Crippen LogP contribution in [0.3, 0.4) is 0 Å². The van der Waals surface area contributed by atoms with Crippen LogP contribution in [0.2, 0.25) is 0 Å². The van der Waals surface area contributed by atoms with E-state index in [-0.39, 0.29) is 48.8 Å². The molecule has 1 saturated heterocycles. The average Bonchev–Trinajstić information content (AvgIpc) is 3.38. The van der Waals surface area contributed by atoms with Crippen LogP contribution in [0.4, 0.5) is 0 Å². The molecule has 0 aromatic heterocycles. The number of rotatable bonds is 10. The van der Waals surface area contributed by atoms with E-state index in [1.165, 1.54) is 5.57 Å². The van der Waals surface area contributed by atoms with Gasteiger partial charge in [-0.2, -0.15) is 0 Å². The van der Waals surface area contributed by atoms with Crippen molar-refractivity contribution in [3.8, 4) is 11.1 Å². The third-order valence-corrected chi connectivity index (χ3v) is 7.30. The first kappa shape index (κ1) is 26.6. The second-order valence-electron chi connectivity index (χ2n) is 10.5. The number of esters is 3. The normalized spacial score (nSPS) is 23.1. The van der Waals surface area contributed by atoms with E-state index in [1.807, 2.05) is 49.4 Å². The van der Waals surface area contributed by atoms with Crippen molar-refractivity contribution in [2.45, 2.75) is 65.1 Å². The van der Waals surface area contributed by atoms with Crippen LogP contribution in [0.15, 0.2) is 66.2 Å². The second kappa shape index (κ2) is 12.2. The van der Waals surface area contributed by atoms with Gasteiger partial charge in [0.2, 0.25) is 0 Å². The van der Waals surface area contributed by atoms with Gasteiger partial charge in [0.1, 0.15) is 12.2 Å². The number of ether oxygens (including phenoxy) is 3. The molecule has 0 spiro atoms. The van der Waals surface area contributed by atoms with Crippen LogP contribution in [0.1, 0.15) is 63.2 Å². The summed E-state index contributed by atoms with van der Waals surface area (Å²) < 4.78 is 17.0. The number of hydrogen-bond acceptors (Lipinski definition) is 6. The van der Waals surface area contributed by atoms with Crippen LogP contribution < -0.4 is 0 Å². The molecule has 1 aliphatic heterocycles. The highest BCUT2D eigenvalue weighted by Gasteiger charge is 2.52. The number of hydrogen-bond donors (Lipinski definition) is 0. The van der Waals surface area contributed by atoms with E-state index in [1.54, 1.807) is 12.1 Å². The summed E-state index contributed by atoms with van der Waals surface area (Å²) in [7, 11) is 0. The van der Waals surface area contributed by atoms with Gasteiger partial charge >= 0.3 is 17.9 Å². The van der Waals surface area contributed by atoms with E-state index >= 15 is 0 Å². The van der Waals surface area contributed by atoms with Crippen molar-refractivity contribution < 1.29 is 28.6 Å². The van der Waals surface area contributed by atoms with E-state index in [0.29, 0.717) is 18.4 Å². The molecule has 2 aromatic carbocycles. The van der Waals surface area contributed by atoms with Gasteiger partial charge in [0.05, 0.1) is 18.6 Å². The molecule has 2 aromatic rings. The van der Waals surface area contributed by atoms with E-state index in [0.717, 1.165) is 24.0 Å². The lowest BCUT2D eigenvalue weighted by Gasteiger charge is -2.23. The number of carbonyl (C=O) groups is 3. The van der Waals surface area contributed by atoms with E-state index < -0.39 is 12.1 Å². The number of allylic oxidation sites excluding steroid dienone is 2. The van der Waals surface area contributed by atoms with Gasteiger partial charge in [-0.05, 0) is 55.9 Å². The molecule has 0 bridgehead atoms. The quantitative estimate of drug-likeness (QED) is 0.219. The van der Waals surface area contributed by atoms with Gasteiger partial charge in [-0.15, -0.1) is 0 Å². The Hall–Kier alpha value is -3.41. The molecule has 0 amide bonds. The van der Waals surface area contributed by atoms with Gasteiger partial charge < -0.3 is 14.2 Å². The summed E-state index contributed by atoms with van der Waals surface area (Å²) in [4.78, 5) is 37.4. The first-order chi connectivity index (χ1) is 17.8. The van der Waals surface area contributed by atoms with Crippen molar-refractivity contribution in [3.05, 3.63) is 71.8 Å². The summed E-state index contributed by atoms with van der Waals surface area (Å²) in [6.45, 7) is 6.29. The Labute approximate surface area is 219 Å². The molecule has 196 valence electrons. The molecule has 0 unspecified atom stereocenters. The van der Waals surface area contributed by atoms with Crippen LogP contribution in [0.25, 0.3) is 11.1 Å². The molecular weight excluding hydrogens is 468 g/mol. The first-order valence-corrected chi connectivity index (χ1v) is 13.1. The van der Waals surface area contributed by atoms with Crippen LogP contribution in [0, 0.1) is 17.8 Å². The van der Waals surface area contributed by atoms with Crippen molar-refractivity contribution in [1.82, 2.24) is 0 Å². The van der Waals surface area contributed by atoms with E-state index in [2.05, 4.69) is 19.9 Å². The average molecular weight is 505 g/mol. The van der Waals surface area contributed by atoms with Crippen molar-refractivity contribution in [3.63, 3.8) is 0 Å². The van der Waals surface area contributed by atoms with Gasteiger partial charge in [0.25, 0.3) is 0 Å². The minimum Gasteiger partial charge on any atom is -0.465 e. The van der Waals surface area contributed by atoms with Gasteiger partial charge in [-0.3, -0.25) is 9.59 Å². The van der Waals surface area contributed by atoms with Gasteiger partial charge in [0.15, 0.2) is 0 Å². The Morgan fingerprint density at radius 1 is 1.05 bits per heavy atom. The van der Waals surface area contributed by atoms with Crippen LogP contribution >= 0.6 is 0 Å². The topological polar surface area (TPSA) is 78.9 Å². The molecule has 6 nitrogen and oxygen atoms in total. The fourth-order valence-electron chi connectivity index (χ4n) is 5.25. The SMILES string of the molecule is CC(C)=CCC[C@H](C)CC(=O)OC[C@H]1[C@@H]2CC(=O)O[C@@H]2C[C@@H]1OC(=O)c1ccc(-c2ccccc2)cc1. The smallest absolute Gasteiger partial charge is 0.338 e. The summed E-state index contributed by atoms with van der Waals surface area (Å²) in [6, 6.07) is 17.2. The standard InChI is InChI=1S/C31H36O6/c1-20(2)8-7-9-21(3)16-29(32)35-19-26-25-17-30(33)36-27(25)18-28(26)37-31(34)24-14-12-23(13-15-24)22-10-5-4-6-11-22/h4-6,8,10-15,21,25-28H,7,9,16-19H2,1-3H3/t21-,25-,26-,27+,28-/m0/s1. The molecule has 37 heavy (non-hydrogen) atoms. The molecule has 1 saturated carbocycles. The van der Waals surface area contributed by atoms with Crippen LogP contribution in [0.5, 0.6) is 0 Å². The van der Waals surface area contributed by atoms with Crippen molar-refractivity contribution >= 4 is 17.9 Å². The molecular formula is C31H36O6. The zero-order valence-electron chi connectivity index (χ0n) is 21.9. The Morgan fingerprint density at radius 3 is 2.46 bits per heavy atom. The molecule has 6 heteroatoms. The summed E-state index contributed by atoms with van der Waals surface area (Å²) in [5.41, 5.74) is 3.81. The predicted octanol–water partition coefficient (Wildman–Crippen LogP) is 6.15. The van der Waals surface area contributed by atoms with E-state index in [4.69, 9.17) is 14.2 Å². The lowest BCUT2D eigenvalue weighted by molar-refractivity contribution is -0.147. The lowest BCUT2D eigenvalue weighted by Crippen LogP contribution is -2.30. The number of fused-ring (bicyclic) bond motifs is 1. The monoisotopic (exact) mass is 504 g/mol. The molecule has 0 N–H and O–H groups in total. The van der Waals surface area contributed by atoms with E-state index in [9.17, 15) is 14.4 Å². The number of carbonyl (C=O) groups excluding carboxylic acids is 3. The number of benzene rings is 2. The Kier molecular flexibility index (Phi) is 8.80. The maximum Gasteiger partial charge on any atom is 0.338 e. The third kappa shape index (κ3) is 7.09. The summed E-state index contributed by atoms with van der Waals surface area (Å²) in [6.07, 6.45) is 4.26. The minimum absolute atomic E-state index is 0.113. The molecule has 2 aliphatic rings. The lowest BCUT2D eigenvalue weighted by atomic mass is 9.93. The van der Waals surface area contributed by atoms with Crippen molar-refractivity contribution in [2.75, 3.05) is 6.61 Å². The Morgan fingerprint density at radius 2 is 1.76 bits per heavy atom. The Balaban J connectivity index is 1.35. The molecule has 5 atom stereocenters. The highest BCUT2D eigenvalue weighted by molar-refractivity contribution is 5.90. The van der Waals surface area contributed by atoms with Gasteiger partial charge in [-0.1, -0.05) is 61.0 Å². The zero-order valence-corrected chi connectivity index (χ0v) is 21.9. The van der Waals surface area contributed by atoms with Crippen LogP contribution in [-0.4, -0.2) is 36.7 Å². The predicted molar refractivity (Wildman–Crippen MR) is 141 cm³/mol. The summed E-state index contributed by atoms with van der Waals surface area (Å²) in [5, 5.41) is 0. The molecule has 2 fully saturated rings. The first-order valence-electron chi connectivity index (χ1n) is 13.1. The fourth-order valence-corrected chi connectivity index (χ4v) is 5.25. The third-order valence-electron chi connectivity index (χ3n) is 7.30. The van der Waals surface area contributed by atoms with Crippen molar-refractivity contribution in [1.29, 1.82) is 0 Å². The van der Waals surface area contributed by atoms with Gasteiger partial charge in [-0.25, -0.2) is 4.79 Å². The Bertz CT molecular complexity index is 1120. The largest absolute Gasteiger partial charge is 0.465 e. The van der Waals surface area contributed by atoms with Gasteiger partial charge in [0, 0.05) is 24.7 Å². The maximum absolute atomic E-state index is 13.0. The zero-order chi connectivity index (χ0) is 26.4.